The summed E-state index contributed by atoms with van der Waals surface area (Å²) in [4.78, 5) is 0.333. The molecule has 0 radical (unpaired) electrons. The SMILES string of the molecule is COc1ccc(S(=O)(=O)N2CCC(C(C)N)CC2)cc1C.Cl. The molecule has 0 bridgehead atoms. The van der Waals surface area contributed by atoms with Gasteiger partial charge in [0.05, 0.1) is 12.0 Å². The van der Waals surface area contributed by atoms with Gasteiger partial charge in [0.1, 0.15) is 5.75 Å². The van der Waals surface area contributed by atoms with Crippen LogP contribution in [0.5, 0.6) is 5.75 Å². The third-order valence-corrected chi connectivity index (χ3v) is 6.14. The number of halogens is 1. The van der Waals surface area contributed by atoms with Crippen LogP contribution >= 0.6 is 12.4 Å². The van der Waals surface area contributed by atoms with Gasteiger partial charge in [-0.2, -0.15) is 4.31 Å². The Bertz CT molecular complexity index is 597. The van der Waals surface area contributed by atoms with Crippen molar-refractivity contribution >= 4 is 22.4 Å². The number of nitrogens with zero attached hydrogens (tertiary/aromatic N) is 1. The Labute approximate surface area is 139 Å². The normalized spacial score (nSPS) is 18.5. The van der Waals surface area contributed by atoms with E-state index in [2.05, 4.69) is 0 Å². The van der Waals surface area contributed by atoms with Gasteiger partial charge in [-0.05, 0) is 56.4 Å². The summed E-state index contributed by atoms with van der Waals surface area (Å²) < 4.78 is 32.1. The van der Waals surface area contributed by atoms with E-state index in [1.807, 2.05) is 13.8 Å². The van der Waals surface area contributed by atoms with Crippen molar-refractivity contribution in [1.29, 1.82) is 0 Å². The maximum atomic E-state index is 12.7. The summed E-state index contributed by atoms with van der Waals surface area (Å²) in [6.45, 7) is 4.92. The van der Waals surface area contributed by atoms with Crippen molar-refractivity contribution in [3.63, 3.8) is 0 Å². The number of hydrogen-bond donors (Lipinski definition) is 1. The Kier molecular flexibility index (Phi) is 6.67. The Balaban J connectivity index is 0.00000242. The Morgan fingerprint density at radius 1 is 1.32 bits per heavy atom. The van der Waals surface area contributed by atoms with Crippen LogP contribution in [0.2, 0.25) is 0 Å². The molecule has 1 unspecified atom stereocenters. The number of rotatable bonds is 4. The summed E-state index contributed by atoms with van der Waals surface area (Å²) in [5.74, 6) is 1.11. The molecule has 126 valence electrons. The van der Waals surface area contributed by atoms with E-state index < -0.39 is 10.0 Å². The summed E-state index contributed by atoms with van der Waals surface area (Å²) in [7, 11) is -1.84. The molecule has 7 heteroatoms. The average molecular weight is 349 g/mol. The highest BCUT2D eigenvalue weighted by Gasteiger charge is 2.30. The van der Waals surface area contributed by atoms with Crippen LogP contribution in [0.15, 0.2) is 23.1 Å². The molecular formula is C15H25ClN2O3S. The first-order valence-corrected chi connectivity index (χ1v) is 8.70. The molecule has 5 nitrogen and oxygen atoms in total. The van der Waals surface area contributed by atoms with Crippen LogP contribution in [0, 0.1) is 12.8 Å². The van der Waals surface area contributed by atoms with Crippen LogP contribution in [-0.2, 0) is 10.0 Å². The van der Waals surface area contributed by atoms with E-state index in [1.54, 1.807) is 29.6 Å². The molecule has 2 N–H and O–H groups in total. The smallest absolute Gasteiger partial charge is 0.243 e. The molecule has 1 aliphatic rings. The maximum Gasteiger partial charge on any atom is 0.243 e. The molecule has 0 spiro atoms. The minimum atomic E-state index is -3.42. The quantitative estimate of drug-likeness (QED) is 0.905. The standard InChI is InChI=1S/C15H24N2O3S.ClH/c1-11-10-14(4-5-15(11)20-3)21(18,19)17-8-6-13(7-9-17)12(2)16;/h4-5,10,12-13H,6-9,16H2,1-3H3;1H. The molecule has 0 aromatic heterocycles. The average Bonchev–Trinajstić information content (AvgIpc) is 2.47. The van der Waals surface area contributed by atoms with Crippen LogP contribution in [0.25, 0.3) is 0 Å². The number of sulfonamides is 1. The van der Waals surface area contributed by atoms with Gasteiger partial charge in [-0.3, -0.25) is 0 Å². The van der Waals surface area contributed by atoms with E-state index >= 15 is 0 Å². The van der Waals surface area contributed by atoms with E-state index in [-0.39, 0.29) is 18.4 Å². The maximum absolute atomic E-state index is 12.7. The number of piperidine rings is 1. The van der Waals surface area contributed by atoms with Crippen molar-refractivity contribution in [1.82, 2.24) is 4.31 Å². The number of ether oxygens (including phenoxy) is 1. The highest BCUT2D eigenvalue weighted by Crippen LogP contribution is 2.27. The predicted molar refractivity (Wildman–Crippen MR) is 90.1 cm³/mol. The molecule has 0 aliphatic carbocycles. The lowest BCUT2D eigenvalue weighted by atomic mass is 9.92. The second-order valence-electron chi connectivity index (χ2n) is 5.73. The van der Waals surface area contributed by atoms with Crippen molar-refractivity contribution < 1.29 is 13.2 Å². The predicted octanol–water partition coefficient (Wildman–Crippen LogP) is 2.17. The fourth-order valence-corrected chi connectivity index (χ4v) is 4.36. The molecule has 0 amide bonds. The summed E-state index contributed by atoms with van der Waals surface area (Å²) in [6, 6.07) is 5.11. The molecule has 1 aliphatic heterocycles. The fraction of sp³-hybridized carbons (Fsp3) is 0.600. The highest BCUT2D eigenvalue weighted by molar-refractivity contribution is 7.89. The van der Waals surface area contributed by atoms with Crippen LogP contribution in [0.3, 0.4) is 0 Å². The van der Waals surface area contributed by atoms with Gasteiger partial charge in [0, 0.05) is 19.1 Å². The lowest BCUT2D eigenvalue weighted by Gasteiger charge is -2.33. The third-order valence-electron chi connectivity index (χ3n) is 4.25. The zero-order valence-electron chi connectivity index (χ0n) is 13.3. The van der Waals surface area contributed by atoms with Crippen LogP contribution < -0.4 is 10.5 Å². The number of benzene rings is 1. The summed E-state index contributed by atoms with van der Waals surface area (Å²) in [6.07, 6.45) is 1.65. The van der Waals surface area contributed by atoms with Crippen molar-refractivity contribution in [3.05, 3.63) is 23.8 Å². The third kappa shape index (κ3) is 3.93. The summed E-state index contributed by atoms with van der Waals surface area (Å²) in [5.41, 5.74) is 6.73. The summed E-state index contributed by atoms with van der Waals surface area (Å²) >= 11 is 0. The molecule has 1 saturated heterocycles. The van der Waals surface area contributed by atoms with E-state index in [0.717, 1.165) is 18.4 Å². The zero-order valence-corrected chi connectivity index (χ0v) is 14.9. The molecule has 2 rings (SSSR count). The molecule has 0 saturated carbocycles. The molecule has 22 heavy (non-hydrogen) atoms. The minimum absolute atomic E-state index is 0. The van der Waals surface area contributed by atoms with Gasteiger partial charge in [-0.15, -0.1) is 12.4 Å². The molecule has 1 atom stereocenters. The first-order valence-electron chi connectivity index (χ1n) is 7.26. The van der Waals surface area contributed by atoms with E-state index in [1.165, 1.54) is 0 Å². The Morgan fingerprint density at radius 3 is 2.36 bits per heavy atom. The second-order valence-corrected chi connectivity index (χ2v) is 7.67. The zero-order chi connectivity index (χ0) is 15.6. The second kappa shape index (κ2) is 7.64. The minimum Gasteiger partial charge on any atom is -0.496 e. The van der Waals surface area contributed by atoms with Crippen LogP contribution in [0.4, 0.5) is 0 Å². The van der Waals surface area contributed by atoms with Gasteiger partial charge in [-0.1, -0.05) is 0 Å². The number of nitrogens with two attached hydrogens (primary N) is 1. The van der Waals surface area contributed by atoms with Crippen LogP contribution in [0.1, 0.15) is 25.3 Å². The Hall–Kier alpha value is -0.820. The van der Waals surface area contributed by atoms with Gasteiger partial charge < -0.3 is 10.5 Å². The molecule has 1 aromatic carbocycles. The van der Waals surface area contributed by atoms with Gasteiger partial charge in [0.15, 0.2) is 0 Å². The number of aryl methyl sites for hydroxylation is 1. The van der Waals surface area contributed by atoms with E-state index in [9.17, 15) is 8.42 Å². The van der Waals surface area contributed by atoms with Crippen molar-refractivity contribution in [2.75, 3.05) is 20.2 Å². The summed E-state index contributed by atoms with van der Waals surface area (Å²) in [5, 5.41) is 0. The molecule has 1 fully saturated rings. The van der Waals surface area contributed by atoms with Gasteiger partial charge in [-0.25, -0.2) is 8.42 Å². The lowest BCUT2D eigenvalue weighted by Crippen LogP contribution is -2.42. The van der Waals surface area contributed by atoms with Gasteiger partial charge >= 0.3 is 0 Å². The van der Waals surface area contributed by atoms with Crippen LogP contribution in [-0.4, -0.2) is 39.0 Å². The monoisotopic (exact) mass is 348 g/mol. The van der Waals surface area contributed by atoms with Crippen molar-refractivity contribution in [2.45, 2.75) is 37.6 Å². The largest absolute Gasteiger partial charge is 0.496 e. The van der Waals surface area contributed by atoms with E-state index in [0.29, 0.717) is 29.7 Å². The van der Waals surface area contributed by atoms with Crippen molar-refractivity contribution in [2.24, 2.45) is 11.7 Å². The van der Waals surface area contributed by atoms with E-state index in [4.69, 9.17) is 10.5 Å². The first kappa shape index (κ1) is 19.2. The lowest BCUT2D eigenvalue weighted by molar-refractivity contribution is 0.250. The van der Waals surface area contributed by atoms with Crippen molar-refractivity contribution in [3.8, 4) is 5.75 Å². The number of methoxy groups -OCH3 is 1. The molecule has 1 heterocycles. The first-order chi connectivity index (χ1) is 9.86. The molecular weight excluding hydrogens is 324 g/mol. The Morgan fingerprint density at radius 2 is 1.91 bits per heavy atom. The molecule has 1 aromatic rings. The highest BCUT2D eigenvalue weighted by atomic mass is 35.5. The fourth-order valence-electron chi connectivity index (χ4n) is 2.80. The number of hydrogen-bond acceptors (Lipinski definition) is 4. The van der Waals surface area contributed by atoms with Gasteiger partial charge in [0.25, 0.3) is 0 Å². The topological polar surface area (TPSA) is 72.6 Å². The van der Waals surface area contributed by atoms with Gasteiger partial charge in [0.2, 0.25) is 10.0 Å².